The van der Waals surface area contributed by atoms with Crippen molar-refractivity contribution in [2.24, 2.45) is 0 Å². The largest absolute Gasteiger partial charge is 0.479 e. The van der Waals surface area contributed by atoms with Crippen molar-refractivity contribution in [2.45, 2.75) is 243 Å². The number of carboxylic acid groups (broad SMARTS) is 1. The maximum Gasteiger partial charge on any atom is 0.335 e. The van der Waals surface area contributed by atoms with Gasteiger partial charge in [-0.15, -0.1) is 0 Å². The fourth-order valence-electron chi connectivity index (χ4n) is 7.58. The summed E-state index contributed by atoms with van der Waals surface area (Å²) in [4.78, 5) is 37.0. The van der Waals surface area contributed by atoms with E-state index in [-0.39, 0.29) is 19.4 Å². The van der Waals surface area contributed by atoms with Crippen LogP contribution in [0.5, 0.6) is 0 Å². The van der Waals surface area contributed by atoms with Gasteiger partial charge in [0.05, 0.1) is 6.61 Å². The van der Waals surface area contributed by atoms with Crippen LogP contribution in [0.4, 0.5) is 0 Å². The number of carbonyl (C=O) groups is 3. The van der Waals surface area contributed by atoms with Crippen LogP contribution in [0.15, 0.2) is 85.1 Å². The molecule has 4 N–H and O–H groups in total. The molecule has 1 fully saturated rings. The third-order valence-corrected chi connectivity index (χ3v) is 11.7. The van der Waals surface area contributed by atoms with Crippen LogP contribution in [-0.4, -0.2) is 88.4 Å². The van der Waals surface area contributed by atoms with E-state index in [2.05, 4.69) is 98.9 Å². The van der Waals surface area contributed by atoms with Crippen molar-refractivity contribution in [1.29, 1.82) is 0 Å². The van der Waals surface area contributed by atoms with E-state index in [1.807, 2.05) is 0 Å². The highest BCUT2D eigenvalue weighted by atomic mass is 16.7. The lowest BCUT2D eigenvalue weighted by atomic mass is 9.99. The van der Waals surface area contributed by atoms with Crippen molar-refractivity contribution in [3.05, 3.63) is 85.1 Å². The smallest absolute Gasteiger partial charge is 0.335 e. The standard InChI is InChI=1S/C57H94O11/c1-3-5-7-9-11-13-15-17-19-21-23-24-25-26-28-29-31-33-35-37-39-41-43-45-50(58)65-47-49(48-66-57-54(62)52(60)53(61)55(68-57)56(63)64)67-51(59)46-44-42-40-38-36-34-32-30-27-22-20-18-16-14-12-10-8-6-4-2/h5,7,11-14,17-20,23-24,27,30,49,52-55,57,60-62H,3-4,6,8-10,15-16,21-22,25-26,28-29,31-48H2,1-2H3,(H,63,64)/b7-5-,13-11-,14-12-,19-17-,20-18-,24-23-,30-27-. The first-order valence-electron chi connectivity index (χ1n) is 26.6. The summed E-state index contributed by atoms with van der Waals surface area (Å²) in [5, 5.41) is 40.0. The first kappa shape index (κ1) is 62.4. The molecule has 388 valence electrons. The highest BCUT2D eigenvalue weighted by molar-refractivity contribution is 5.73. The molecule has 1 rings (SSSR count). The fraction of sp³-hybridized carbons (Fsp3) is 0.702. The van der Waals surface area contributed by atoms with Crippen molar-refractivity contribution in [3.63, 3.8) is 0 Å². The second-order valence-electron chi connectivity index (χ2n) is 18.0. The first-order chi connectivity index (χ1) is 33.2. The molecule has 11 nitrogen and oxygen atoms in total. The number of unbranched alkanes of at least 4 members (excludes halogenated alkanes) is 19. The van der Waals surface area contributed by atoms with Gasteiger partial charge in [-0.1, -0.05) is 189 Å². The highest BCUT2D eigenvalue weighted by Crippen LogP contribution is 2.23. The molecule has 1 saturated heterocycles. The summed E-state index contributed by atoms with van der Waals surface area (Å²) in [5.41, 5.74) is 0. The van der Waals surface area contributed by atoms with Gasteiger partial charge >= 0.3 is 17.9 Å². The van der Waals surface area contributed by atoms with E-state index in [0.29, 0.717) is 12.8 Å². The number of esters is 2. The SMILES string of the molecule is CC/C=C\C/C=C\C/C=C\C/C=C\CCCCCCCCCCCCC(=O)OCC(COC1OC(C(=O)O)C(O)C(O)C1O)OC(=O)CCCCCCCC/C=C\C/C=C\C/C=C\CCCCC. The Morgan fingerprint density at radius 3 is 1.31 bits per heavy atom. The Balaban J connectivity index is 2.30. The molecule has 0 aromatic carbocycles. The Hall–Kier alpha value is -3.61. The van der Waals surface area contributed by atoms with Crippen molar-refractivity contribution >= 4 is 17.9 Å². The molecule has 0 radical (unpaired) electrons. The lowest BCUT2D eigenvalue weighted by Crippen LogP contribution is -2.60. The fourth-order valence-corrected chi connectivity index (χ4v) is 7.58. The quantitative estimate of drug-likeness (QED) is 0.0260. The molecule has 0 aromatic rings. The van der Waals surface area contributed by atoms with E-state index < -0.39 is 61.3 Å². The van der Waals surface area contributed by atoms with E-state index in [1.54, 1.807) is 0 Å². The minimum atomic E-state index is -1.87. The van der Waals surface area contributed by atoms with Gasteiger partial charge in [0.25, 0.3) is 0 Å². The van der Waals surface area contributed by atoms with Crippen LogP contribution in [0.25, 0.3) is 0 Å². The lowest BCUT2D eigenvalue weighted by Gasteiger charge is -2.38. The molecule has 1 aliphatic rings. The van der Waals surface area contributed by atoms with Gasteiger partial charge in [-0.3, -0.25) is 9.59 Å². The molecule has 6 unspecified atom stereocenters. The van der Waals surface area contributed by atoms with E-state index in [0.717, 1.165) is 103 Å². The highest BCUT2D eigenvalue weighted by Gasteiger charge is 2.47. The maximum absolute atomic E-state index is 12.8. The number of aliphatic carboxylic acids is 1. The molecule has 11 heteroatoms. The third-order valence-electron chi connectivity index (χ3n) is 11.7. The van der Waals surface area contributed by atoms with Gasteiger partial charge in [0.1, 0.15) is 24.9 Å². The summed E-state index contributed by atoms with van der Waals surface area (Å²) in [6.07, 6.45) is 51.9. The minimum Gasteiger partial charge on any atom is -0.479 e. The summed E-state index contributed by atoms with van der Waals surface area (Å²) >= 11 is 0. The first-order valence-corrected chi connectivity index (χ1v) is 26.6. The third kappa shape index (κ3) is 36.4. The Labute approximate surface area is 411 Å². The topological polar surface area (TPSA) is 169 Å². The van der Waals surface area contributed by atoms with Crippen LogP contribution in [0.3, 0.4) is 0 Å². The average Bonchev–Trinajstić information content (AvgIpc) is 3.32. The number of aliphatic hydroxyl groups is 3. The minimum absolute atomic E-state index is 0.163. The molecule has 0 aliphatic carbocycles. The number of rotatable bonds is 44. The van der Waals surface area contributed by atoms with Gasteiger partial charge in [0.15, 0.2) is 18.5 Å². The van der Waals surface area contributed by atoms with Crippen LogP contribution in [0.1, 0.15) is 206 Å². The van der Waals surface area contributed by atoms with Crippen LogP contribution in [0, 0.1) is 0 Å². The monoisotopic (exact) mass is 955 g/mol. The second kappa shape index (κ2) is 45.8. The van der Waals surface area contributed by atoms with Gasteiger partial charge in [0.2, 0.25) is 0 Å². The zero-order chi connectivity index (χ0) is 49.6. The van der Waals surface area contributed by atoms with E-state index >= 15 is 0 Å². The normalized spacial score (nSPS) is 19.6. The van der Waals surface area contributed by atoms with Crippen molar-refractivity contribution in [2.75, 3.05) is 13.2 Å². The summed E-state index contributed by atoms with van der Waals surface area (Å²) in [6, 6.07) is 0. The Bertz CT molecular complexity index is 1450. The van der Waals surface area contributed by atoms with Crippen LogP contribution >= 0.6 is 0 Å². The molecule has 68 heavy (non-hydrogen) atoms. The van der Waals surface area contributed by atoms with Gasteiger partial charge in [0, 0.05) is 12.8 Å². The average molecular weight is 955 g/mol. The van der Waals surface area contributed by atoms with Gasteiger partial charge in [-0.2, -0.15) is 0 Å². The molecule has 0 aromatic heterocycles. The van der Waals surface area contributed by atoms with E-state index in [4.69, 9.17) is 18.9 Å². The van der Waals surface area contributed by atoms with Crippen molar-refractivity contribution in [1.82, 2.24) is 0 Å². The zero-order valence-electron chi connectivity index (χ0n) is 42.3. The second-order valence-corrected chi connectivity index (χ2v) is 18.0. The van der Waals surface area contributed by atoms with Crippen molar-refractivity contribution in [3.8, 4) is 0 Å². The van der Waals surface area contributed by atoms with Crippen LogP contribution < -0.4 is 0 Å². The molecule has 6 atom stereocenters. The number of carbonyl (C=O) groups excluding carboxylic acids is 2. The molecule has 0 saturated carbocycles. The van der Waals surface area contributed by atoms with Gasteiger partial charge in [-0.25, -0.2) is 4.79 Å². The molecule has 1 heterocycles. The lowest BCUT2D eigenvalue weighted by molar-refractivity contribution is -0.298. The maximum atomic E-state index is 12.8. The molecule has 0 amide bonds. The summed E-state index contributed by atoms with van der Waals surface area (Å²) < 4.78 is 21.8. The number of hydrogen-bond acceptors (Lipinski definition) is 10. The van der Waals surface area contributed by atoms with Gasteiger partial charge < -0.3 is 39.4 Å². The molecular weight excluding hydrogens is 861 g/mol. The molecule has 0 bridgehead atoms. The Morgan fingerprint density at radius 2 is 0.868 bits per heavy atom. The number of ether oxygens (including phenoxy) is 4. The van der Waals surface area contributed by atoms with E-state index in [9.17, 15) is 34.8 Å². The van der Waals surface area contributed by atoms with E-state index in [1.165, 1.54) is 64.2 Å². The Kier molecular flexibility index (Phi) is 42.0. The number of hydrogen-bond donors (Lipinski definition) is 4. The van der Waals surface area contributed by atoms with Crippen LogP contribution in [0.2, 0.25) is 0 Å². The number of carboxylic acids is 1. The summed E-state index contributed by atoms with van der Waals surface area (Å²) in [6.45, 7) is 3.67. The van der Waals surface area contributed by atoms with Crippen molar-refractivity contribution < 1.29 is 53.8 Å². The summed E-state index contributed by atoms with van der Waals surface area (Å²) in [7, 11) is 0. The van der Waals surface area contributed by atoms with Crippen LogP contribution in [-0.2, 0) is 33.3 Å². The summed E-state index contributed by atoms with van der Waals surface area (Å²) in [5.74, 6) is -2.47. The number of allylic oxidation sites excluding steroid dienone is 14. The predicted molar refractivity (Wildman–Crippen MR) is 275 cm³/mol. The predicted octanol–water partition coefficient (Wildman–Crippen LogP) is 13.0. The Morgan fingerprint density at radius 1 is 0.471 bits per heavy atom. The molecule has 1 aliphatic heterocycles. The number of aliphatic hydroxyl groups excluding tert-OH is 3. The molecule has 0 spiro atoms. The molecular formula is C57H94O11. The zero-order valence-corrected chi connectivity index (χ0v) is 42.3. The van der Waals surface area contributed by atoms with Gasteiger partial charge in [-0.05, 0) is 89.9 Å².